The highest BCUT2D eigenvalue weighted by Gasteiger charge is 2.25. The molecule has 1 atom stereocenters. The highest BCUT2D eigenvalue weighted by molar-refractivity contribution is 8.00. The van der Waals surface area contributed by atoms with Crippen LogP contribution in [0.5, 0.6) is 0 Å². The quantitative estimate of drug-likeness (QED) is 0.799. The molecule has 0 fully saturated rings. The van der Waals surface area contributed by atoms with Crippen molar-refractivity contribution in [2.75, 3.05) is 11.4 Å². The maximum absolute atomic E-state index is 12.7. The largest absolute Gasteiger partial charge is 0.306 e. The molecule has 1 aromatic heterocycles. The summed E-state index contributed by atoms with van der Waals surface area (Å²) >= 11 is 3.31. The number of hydrogen-bond donors (Lipinski definition) is 0. The van der Waals surface area contributed by atoms with Crippen LogP contribution >= 0.6 is 23.1 Å². The van der Waals surface area contributed by atoms with Gasteiger partial charge in [-0.25, -0.2) is 4.98 Å². The van der Waals surface area contributed by atoms with Crippen LogP contribution in [0.1, 0.15) is 28.0 Å². The number of hydrogen-bond acceptors (Lipinski definition) is 4. The van der Waals surface area contributed by atoms with Gasteiger partial charge in [-0.15, -0.1) is 23.1 Å². The number of benzene rings is 1. The number of thiazole rings is 1. The molecular weight excluding hydrogens is 288 g/mol. The van der Waals surface area contributed by atoms with Gasteiger partial charge in [0.1, 0.15) is 4.88 Å². The molecule has 0 unspecified atom stereocenters. The van der Waals surface area contributed by atoms with Crippen molar-refractivity contribution in [3.05, 3.63) is 40.3 Å². The van der Waals surface area contributed by atoms with Gasteiger partial charge in [-0.2, -0.15) is 0 Å². The summed E-state index contributed by atoms with van der Waals surface area (Å²) in [5, 5.41) is 1.45. The van der Waals surface area contributed by atoms with Crippen molar-refractivity contribution in [3.63, 3.8) is 0 Å². The molecule has 0 aliphatic carbocycles. The van der Waals surface area contributed by atoms with Crippen molar-refractivity contribution in [2.45, 2.75) is 30.4 Å². The van der Waals surface area contributed by atoms with Crippen LogP contribution in [0.25, 0.3) is 0 Å². The smallest absolute Gasteiger partial charge is 0.270 e. The van der Waals surface area contributed by atoms with E-state index in [1.807, 2.05) is 41.8 Å². The Morgan fingerprint density at radius 1 is 1.40 bits per heavy atom. The SMILES string of the molecule is Cc1ncc(C(=O)N2CC[C@@H](C)Sc3ccccc32)s1. The minimum atomic E-state index is 0.0674. The van der Waals surface area contributed by atoms with E-state index in [1.165, 1.54) is 16.2 Å². The fourth-order valence-electron chi connectivity index (χ4n) is 2.29. The lowest BCUT2D eigenvalue weighted by molar-refractivity contribution is 0.0990. The van der Waals surface area contributed by atoms with Crippen molar-refractivity contribution in [1.82, 2.24) is 4.98 Å². The molecule has 1 aliphatic heterocycles. The van der Waals surface area contributed by atoms with Crippen molar-refractivity contribution in [1.29, 1.82) is 0 Å². The van der Waals surface area contributed by atoms with E-state index in [1.54, 1.807) is 6.20 Å². The first-order chi connectivity index (χ1) is 9.65. The summed E-state index contributed by atoms with van der Waals surface area (Å²) < 4.78 is 0. The van der Waals surface area contributed by atoms with Crippen LogP contribution in [0.3, 0.4) is 0 Å². The lowest BCUT2D eigenvalue weighted by Gasteiger charge is -2.21. The van der Waals surface area contributed by atoms with Crippen LogP contribution in [0, 0.1) is 6.92 Å². The maximum Gasteiger partial charge on any atom is 0.270 e. The van der Waals surface area contributed by atoms with Gasteiger partial charge in [0, 0.05) is 16.7 Å². The molecule has 2 aromatic rings. The molecule has 0 spiro atoms. The summed E-state index contributed by atoms with van der Waals surface area (Å²) in [7, 11) is 0. The van der Waals surface area contributed by atoms with Crippen LogP contribution in [0.15, 0.2) is 35.4 Å². The van der Waals surface area contributed by atoms with Gasteiger partial charge in [0.2, 0.25) is 0 Å². The molecule has 1 aromatic carbocycles. The third kappa shape index (κ3) is 2.60. The Morgan fingerprint density at radius 2 is 2.20 bits per heavy atom. The van der Waals surface area contributed by atoms with Gasteiger partial charge in [0.25, 0.3) is 5.91 Å². The van der Waals surface area contributed by atoms with E-state index in [0.717, 1.165) is 28.5 Å². The second-order valence-corrected chi connectivity index (χ2v) is 7.60. The summed E-state index contributed by atoms with van der Waals surface area (Å²) in [5.74, 6) is 0.0674. The van der Waals surface area contributed by atoms with E-state index in [-0.39, 0.29) is 5.91 Å². The van der Waals surface area contributed by atoms with Gasteiger partial charge in [-0.3, -0.25) is 4.79 Å². The van der Waals surface area contributed by atoms with Crippen molar-refractivity contribution >= 4 is 34.7 Å². The number of aromatic nitrogens is 1. The minimum absolute atomic E-state index is 0.0674. The Hall–Kier alpha value is -1.33. The number of carbonyl (C=O) groups is 1. The van der Waals surface area contributed by atoms with Gasteiger partial charge in [0.05, 0.1) is 16.9 Å². The third-order valence-electron chi connectivity index (χ3n) is 3.32. The molecule has 0 saturated heterocycles. The molecule has 0 bridgehead atoms. The number of para-hydroxylation sites is 1. The van der Waals surface area contributed by atoms with E-state index in [2.05, 4.69) is 18.0 Å². The average molecular weight is 304 g/mol. The number of rotatable bonds is 1. The third-order valence-corrected chi connectivity index (χ3v) is 5.46. The zero-order chi connectivity index (χ0) is 14.1. The normalized spacial score (nSPS) is 18.5. The summed E-state index contributed by atoms with van der Waals surface area (Å²) in [5.41, 5.74) is 1.03. The number of aryl methyl sites for hydroxylation is 1. The van der Waals surface area contributed by atoms with Gasteiger partial charge in [-0.05, 0) is 25.5 Å². The molecule has 3 rings (SSSR count). The summed E-state index contributed by atoms with van der Waals surface area (Å²) in [6.07, 6.45) is 2.69. The summed E-state index contributed by atoms with van der Waals surface area (Å²) in [4.78, 5) is 20.7. The van der Waals surface area contributed by atoms with Crippen LogP contribution in [-0.2, 0) is 0 Å². The fourth-order valence-corrected chi connectivity index (χ4v) is 4.13. The number of fused-ring (bicyclic) bond motifs is 1. The molecule has 0 radical (unpaired) electrons. The maximum atomic E-state index is 12.7. The molecule has 2 heterocycles. The van der Waals surface area contributed by atoms with Gasteiger partial charge < -0.3 is 4.90 Å². The predicted octanol–water partition coefficient (Wildman–Crippen LogP) is 3.98. The Bertz CT molecular complexity index is 638. The molecular formula is C15H16N2OS2. The summed E-state index contributed by atoms with van der Waals surface area (Å²) in [6, 6.07) is 8.16. The minimum Gasteiger partial charge on any atom is -0.306 e. The Morgan fingerprint density at radius 3 is 2.95 bits per heavy atom. The van der Waals surface area contributed by atoms with E-state index in [0.29, 0.717) is 5.25 Å². The number of anilines is 1. The van der Waals surface area contributed by atoms with Crippen LogP contribution in [0.2, 0.25) is 0 Å². The topological polar surface area (TPSA) is 33.2 Å². The highest BCUT2D eigenvalue weighted by Crippen LogP contribution is 2.38. The Labute approximate surface area is 127 Å². The summed E-state index contributed by atoms with van der Waals surface area (Å²) in [6.45, 7) is 4.91. The predicted molar refractivity (Wildman–Crippen MR) is 84.9 cm³/mol. The standard InChI is InChI=1S/C15H16N2OS2/c1-10-7-8-17(12-5-3-4-6-13(12)19-10)15(18)14-9-16-11(2)20-14/h3-6,9-10H,7-8H2,1-2H3/t10-/m1/s1. The lowest BCUT2D eigenvalue weighted by Crippen LogP contribution is -2.31. The molecule has 20 heavy (non-hydrogen) atoms. The molecule has 1 amide bonds. The first-order valence-corrected chi connectivity index (χ1v) is 8.35. The molecule has 1 aliphatic rings. The molecule has 0 N–H and O–H groups in total. The Kier molecular flexibility index (Phi) is 3.81. The monoisotopic (exact) mass is 304 g/mol. The van der Waals surface area contributed by atoms with E-state index >= 15 is 0 Å². The fraction of sp³-hybridized carbons (Fsp3) is 0.333. The number of nitrogens with zero attached hydrogens (tertiary/aromatic N) is 2. The lowest BCUT2D eigenvalue weighted by atomic mass is 10.2. The zero-order valence-corrected chi connectivity index (χ0v) is 13.1. The second kappa shape index (κ2) is 5.58. The van der Waals surface area contributed by atoms with Crippen LogP contribution in [0.4, 0.5) is 5.69 Å². The van der Waals surface area contributed by atoms with Crippen molar-refractivity contribution in [3.8, 4) is 0 Å². The van der Waals surface area contributed by atoms with Crippen LogP contribution < -0.4 is 4.90 Å². The van der Waals surface area contributed by atoms with E-state index < -0.39 is 0 Å². The average Bonchev–Trinajstić information content (AvgIpc) is 2.79. The highest BCUT2D eigenvalue weighted by atomic mass is 32.2. The first-order valence-electron chi connectivity index (χ1n) is 6.65. The van der Waals surface area contributed by atoms with E-state index in [9.17, 15) is 4.79 Å². The molecule has 0 saturated carbocycles. The Balaban J connectivity index is 1.99. The number of thioether (sulfide) groups is 1. The van der Waals surface area contributed by atoms with Gasteiger partial charge >= 0.3 is 0 Å². The first kappa shape index (κ1) is 13.6. The van der Waals surface area contributed by atoms with E-state index in [4.69, 9.17) is 0 Å². The van der Waals surface area contributed by atoms with Gasteiger partial charge in [-0.1, -0.05) is 19.1 Å². The molecule has 5 heteroatoms. The van der Waals surface area contributed by atoms with Crippen LogP contribution in [-0.4, -0.2) is 22.7 Å². The number of amides is 1. The zero-order valence-electron chi connectivity index (χ0n) is 11.5. The second-order valence-electron chi connectivity index (χ2n) is 4.89. The van der Waals surface area contributed by atoms with Gasteiger partial charge in [0.15, 0.2) is 0 Å². The number of carbonyl (C=O) groups excluding carboxylic acids is 1. The van der Waals surface area contributed by atoms with Crippen molar-refractivity contribution in [2.24, 2.45) is 0 Å². The molecule has 104 valence electrons. The van der Waals surface area contributed by atoms with Crippen molar-refractivity contribution < 1.29 is 4.79 Å². The molecule has 3 nitrogen and oxygen atoms in total.